The van der Waals surface area contributed by atoms with E-state index in [1.165, 1.54) is 11.1 Å². The van der Waals surface area contributed by atoms with Gasteiger partial charge < -0.3 is 19.5 Å². The van der Waals surface area contributed by atoms with Gasteiger partial charge in [-0.15, -0.1) is 0 Å². The minimum absolute atomic E-state index is 0.507. The van der Waals surface area contributed by atoms with Gasteiger partial charge in [0.05, 0.1) is 14.2 Å². The van der Waals surface area contributed by atoms with E-state index in [4.69, 9.17) is 14.2 Å². The van der Waals surface area contributed by atoms with Crippen molar-refractivity contribution in [3.63, 3.8) is 0 Å². The molecule has 0 spiro atoms. The van der Waals surface area contributed by atoms with E-state index >= 15 is 0 Å². The summed E-state index contributed by atoms with van der Waals surface area (Å²) in [6.07, 6.45) is 0. The molecule has 3 rings (SSSR count). The molecule has 1 N–H and O–H groups in total. The molecule has 0 aromatic heterocycles. The second-order valence-corrected chi connectivity index (χ2v) is 6.68. The highest BCUT2D eigenvalue weighted by Crippen LogP contribution is 2.32. The molecule has 0 heterocycles. The minimum Gasteiger partial charge on any atom is -0.497 e. The summed E-state index contributed by atoms with van der Waals surface area (Å²) in [5.74, 6) is 2.40. The lowest BCUT2D eigenvalue weighted by atomic mass is 10.1. The van der Waals surface area contributed by atoms with E-state index in [-0.39, 0.29) is 0 Å². The zero-order valence-corrected chi connectivity index (χ0v) is 16.7. The van der Waals surface area contributed by atoms with Crippen LogP contribution in [0.4, 0.5) is 0 Å². The highest BCUT2D eigenvalue weighted by Gasteiger charge is 2.11. The predicted octanol–water partition coefficient (Wildman–Crippen LogP) is 4.88. The van der Waals surface area contributed by atoms with Crippen molar-refractivity contribution in [3.05, 3.63) is 89.0 Å². The van der Waals surface area contributed by atoms with Gasteiger partial charge >= 0.3 is 0 Å². The summed E-state index contributed by atoms with van der Waals surface area (Å²) in [6, 6.07) is 22.4. The van der Waals surface area contributed by atoms with E-state index in [0.29, 0.717) is 13.2 Å². The molecule has 0 amide bonds. The molecule has 0 radical (unpaired) electrons. The molecule has 4 heteroatoms. The van der Waals surface area contributed by atoms with E-state index in [0.717, 1.165) is 34.9 Å². The summed E-state index contributed by atoms with van der Waals surface area (Å²) in [4.78, 5) is 0. The topological polar surface area (TPSA) is 39.7 Å². The molecule has 0 unspecified atom stereocenters. The second kappa shape index (κ2) is 9.81. The quantitative estimate of drug-likeness (QED) is 0.577. The minimum atomic E-state index is 0.507. The first kappa shape index (κ1) is 19.8. The zero-order chi connectivity index (χ0) is 19.8. The molecular weight excluding hydrogens is 350 g/mol. The lowest BCUT2D eigenvalue weighted by molar-refractivity contribution is 0.280. The van der Waals surface area contributed by atoms with Gasteiger partial charge in [0, 0.05) is 18.7 Å². The highest BCUT2D eigenvalue weighted by molar-refractivity contribution is 5.46. The van der Waals surface area contributed by atoms with Crippen molar-refractivity contribution >= 4 is 0 Å². The van der Waals surface area contributed by atoms with Gasteiger partial charge in [-0.3, -0.25) is 0 Å². The van der Waals surface area contributed by atoms with Crippen LogP contribution < -0.4 is 19.5 Å². The predicted molar refractivity (Wildman–Crippen MR) is 112 cm³/mol. The fourth-order valence-corrected chi connectivity index (χ4v) is 3.07. The Labute approximate surface area is 167 Å². The summed E-state index contributed by atoms with van der Waals surface area (Å²) in [5, 5.41) is 3.48. The average molecular weight is 377 g/mol. The third kappa shape index (κ3) is 5.27. The Kier molecular flexibility index (Phi) is 6.93. The van der Waals surface area contributed by atoms with Crippen molar-refractivity contribution in [2.24, 2.45) is 0 Å². The normalized spacial score (nSPS) is 10.5. The van der Waals surface area contributed by atoms with E-state index in [9.17, 15) is 0 Å². The van der Waals surface area contributed by atoms with Gasteiger partial charge in [0.1, 0.15) is 12.4 Å². The molecule has 0 aliphatic carbocycles. The smallest absolute Gasteiger partial charge is 0.166 e. The van der Waals surface area contributed by atoms with Gasteiger partial charge in [-0.1, -0.05) is 54.1 Å². The summed E-state index contributed by atoms with van der Waals surface area (Å²) >= 11 is 0. The molecule has 146 valence electrons. The SMILES string of the molecule is COc1ccc(CNCc2cccc(OC)c2OCc2cccc(C)c2)cc1. The first-order valence-corrected chi connectivity index (χ1v) is 9.37. The second-order valence-electron chi connectivity index (χ2n) is 6.68. The van der Waals surface area contributed by atoms with Crippen LogP contribution in [0.1, 0.15) is 22.3 Å². The Hall–Kier alpha value is -2.98. The zero-order valence-electron chi connectivity index (χ0n) is 16.7. The molecule has 4 nitrogen and oxygen atoms in total. The van der Waals surface area contributed by atoms with Crippen LogP contribution in [-0.4, -0.2) is 14.2 Å². The molecule has 0 saturated carbocycles. The van der Waals surface area contributed by atoms with Crippen molar-refractivity contribution in [3.8, 4) is 17.2 Å². The molecule has 0 saturated heterocycles. The number of hydrogen-bond donors (Lipinski definition) is 1. The molecular formula is C24H27NO3. The fraction of sp³-hybridized carbons (Fsp3) is 0.250. The Balaban J connectivity index is 1.66. The van der Waals surface area contributed by atoms with Crippen molar-refractivity contribution in [2.75, 3.05) is 14.2 Å². The number of nitrogens with one attached hydrogen (secondary N) is 1. The van der Waals surface area contributed by atoms with Crippen LogP contribution in [0, 0.1) is 6.92 Å². The van der Waals surface area contributed by atoms with Gasteiger partial charge in [0.15, 0.2) is 11.5 Å². The number of rotatable bonds is 9. The molecule has 3 aromatic rings. The third-order valence-electron chi connectivity index (χ3n) is 4.55. The maximum Gasteiger partial charge on any atom is 0.166 e. The molecule has 0 bridgehead atoms. The molecule has 3 aromatic carbocycles. The van der Waals surface area contributed by atoms with Gasteiger partial charge in [-0.2, -0.15) is 0 Å². The summed E-state index contributed by atoms with van der Waals surface area (Å²) < 4.78 is 16.9. The number of ether oxygens (including phenoxy) is 3. The summed E-state index contributed by atoms with van der Waals surface area (Å²) in [6.45, 7) is 4.04. The van der Waals surface area contributed by atoms with Crippen molar-refractivity contribution < 1.29 is 14.2 Å². The van der Waals surface area contributed by atoms with E-state index < -0.39 is 0 Å². The van der Waals surface area contributed by atoms with Crippen LogP contribution >= 0.6 is 0 Å². The molecule has 28 heavy (non-hydrogen) atoms. The van der Waals surface area contributed by atoms with E-state index in [1.54, 1.807) is 14.2 Å². The molecule has 0 aliphatic rings. The lowest BCUT2D eigenvalue weighted by Crippen LogP contribution is -2.14. The van der Waals surface area contributed by atoms with E-state index in [2.05, 4.69) is 48.6 Å². The fourth-order valence-electron chi connectivity index (χ4n) is 3.07. The summed E-state index contributed by atoms with van der Waals surface area (Å²) in [5.41, 5.74) is 4.64. The number of aryl methyl sites for hydroxylation is 1. The lowest BCUT2D eigenvalue weighted by Gasteiger charge is -2.16. The third-order valence-corrected chi connectivity index (χ3v) is 4.55. The highest BCUT2D eigenvalue weighted by atomic mass is 16.5. The van der Waals surface area contributed by atoms with Crippen LogP contribution in [0.5, 0.6) is 17.2 Å². The number of methoxy groups -OCH3 is 2. The van der Waals surface area contributed by atoms with Gasteiger partial charge in [-0.25, -0.2) is 0 Å². The monoisotopic (exact) mass is 377 g/mol. The Morgan fingerprint density at radius 1 is 0.786 bits per heavy atom. The van der Waals surface area contributed by atoms with Crippen LogP contribution in [0.3, 0.4) is 0 Å². The number of benzene rings is 3. The molecule has 0 fully saturated rings. The summed E-state index contributed by atoms with van der Waals surface area (Å²) in [7, 11) is 3.34. The maximum atomic E-state index is 6.15. The van der Waals surface area contributed by atoms with E-state index in [1.807, 2.05) is 30.3 Å². The van der Waals surface area contributed by atoms with Crippen LogP contribution in [0.25, 0.3) is 0 Å². The average Bonchev–Trinajstić information content (AvgIpc) is 2.73. The van der Waals surface area contributed by atoms with Gasteiger partial charge in [0.2, 0.25) is 0 Å². The largest absolute Gasteiger partial charge is 0.497 e. The first-order valence-electron chi connectivity index (χ1n) is 9.37. The Bertz CT molecular complexity index is 891. The van der Waals surface area contributed by atoms with Crippen LogP contribution in [-0.2, 0) is 19.7 Å². The standard InChI is InChI=1S/C24H27NO3/c1-18-6-4-7-20(14-18)17-28-24-21(8-5-9-23(24)27-3)16-25-15-19-10-12-22(26-2)13-11-19/h4-14,25H,15-17H2,1-3H3. The van der Waals surface area contributed by atoms with Crippen molar-refractivity contribution in [1.29, 1.82) is 0 Å². The Morgan fingerprint density at radius 3 is 2.29 bits per heavy atom. The van der Waals surface area contributed by atoms with Crippen molar-refractivity contribution in [2.45, 2.75) is 26.6 Å². The molecule has 0 aliphatic heterocycles. The van der Waals surface area contributed by atoms with Gasteiger partial charge in [0.25, 0.3) is 0 Å². The number of para-hydroxylation sites is 1. The van der Waals surface area contributed by atoms with Crippen LogP contribution in [0.2, 0.25) is 0 Å². The van der Waals surface area contributed by atoms with Crippen LogP contribution in [0.15, 0.2) is 66.7 Å². The Morgan fingerprint density at radius 2 is 1.57 bits per heavy atom. The van der Waals surface area contributed by atoms with Crippen molar-refractivity contribution in [1.82, 2.24) is 5.32 Å². The number of hydrogen-bond acceptors (Lipinski definition) is 4. The first-order chi connectivity index (χ1) is 13.7. The van der Waals surface area contributed by atoms with Gasteiger partial charge in [-0.05, 0) is 36.2 Å². The maximum absolute atomic E-state index is 6.15. The molecule has 0 atom stereocenters.